The maximum absolute atomic E-state index is 13.4. The first-order chi connectivity index (χ1) is 9.95. The SMILES string of the molecule is O=C(O)C(Cc1cc(F)cc(Br)c1)Cc1ccccc1Br. The number of rotatable bonds is 5. The lowest BCUT2D eigenvalue weighted by Gasteiger charge is -2.14. The molecule has 2 rings (SSSR count). The largest absolute Gasteiger partial charge is 0.481 e. The van der Waals surface area contributed by atoms with E-state index < -0.39 is 11.9 Å². The molecule has 0 aromatic heterocycles. The van der Waals surface area contributed by atoms with Crippen molar-refractivity contribution in [2.24, 2.45) is 5.92 Å². The van der Waals surface area contributed by atoms with Crippen LogP contribution < -0.4 is 0 Å². The minimum Gasteiger partial charge on any atom is -0.481 e. The summed E-state index contributed by atoms with van der Waals surface area (Å²) in [6, 6.07) is 12.0. The standard InChI is InChI=1S/C16H13Br2FO2/c17-13-6-10(7-14(19)9-13)5-12(16(20)21)8-11-3-1-2-4-15(11)18/h1-4,6-7,9,12H,5,8H2,(H,20,21). The number of carboxylic acid groups (broad SMARTS) is 1. The first-order valence-corrected chi connectivity index (χ1v) is 7.95. The average molecular weight is 416 g/mol. The van der Waals surface area contributed by atoms with Gasteiger partial charge in [0.15, 0.2) is 0 Å². The molecule has 0 fully saturated rings. The minimum absolute atomic E-state index is 0.285. The molecule has 0 amide bonds. The number of carbonyl (C=O) groups is 1. The molecule has 0 heterocycles. The Morgan fingerprint density at radius 1 is 1.14 bits per heavy atom. The van der Waals surface area contributed by atoms with E-state index in [2.05, 4.69) is 31.9 Å². The number of aliphatic carboxylic acids is 1. The smallest absolute Gasteiger partial charge is 0.307 e. The Bertz CT molecular complexity index is 638. The number of hydrogen-bond donors (Lipinski definition) is 1. The van der Waals surface area contributed by atoms with Gasteiger partial charge < -0.3 is 5.11 Å². The first-order valence-electron chi connectivity index (χ1n) is 6.37. The van der Waals surface area contributed by atoms with Crippen molar-refractivity contribution in [3.8, 4) is 0 Å². The summed E-state index contributed by atoms with van der Waals surface area (Å²) >= 11 is 6.65. The van der Waals surface area contributed by atoms with E-state index in [4.69, 9.17) is 0 Å². The van der Waals surface area contributed by atoms with E-state index in [1.165, 1.54) is 12.1 Å². The molecular formula is C16H13Br2FO2. The number of benzene rings is 2. The first kappa shape index (κ1) is 16.2. The molecule has 0 aliphatic carbocycles. The molecule has 1 N–H and O–H groups in total. The van der Waals surface area contributed by atoms with Crippen molar-refractivity contribution >= 4 is 37.8 Å². The number of carboxylic acids is 1. The van der Waals surface area contributed by atoms with Crippen LogP contribution in [0.4, 0.5) is 4.39 Å². The Kier molecular flexibility index (Phi) is 5.53. The molecule has 110 valence electrons. The van der Waals surface area contributed by atoms with Crippen molar-refractivity contribution in [2.45, 2.75) is 12.8 Å². The quantitative estimate of drug-likeness (QED) is 0.758. The summed E-state index contributed by atoms with van der Waals surface area (Å²) in [5.41, 5.74) is 1.60. The maximum Gasteiger partial charge on any atom is 0.307 e. The summed E-state index contributed by atoms with van der Waals surface area (Å²) in [7, 11) is 0. The van der Waals surface area contributed by atoms with Gasteiger partial charge in [-0.3, -0.25) is 4.79 Å². The van der Waals surface area contributed by atoms with Gasteiger partial charge in [0.2, 0.25) is 0 Å². The lowest BCUT2D eigenvalue weighted by atomic mass is 9.92. The molecule has 2 nitrogen and oxygen atoms in total. The van der Waals surface area contributed by atoms with E-state index in [0.29, 0.717) is 16.5 Å². The predicted molar refractivity (Wildman–Crippen MR) is 86.8 cm³/mol. The zero-order valence-corrected chi connectivity index (χ0v) is 14.2. The highest BCUT2D eigenvalue weighted by Crippen LogP contribution is 2.23. The highest BCUT2D eigenvalue weighted by atomic mass is 79.9. The van der Waals surface area contributed by atoms with Crippen molar-refractivity contribution in [3.05, 3.63) is 68.4 Å². The molecule has 0 aliphatic rings. The molecule has 0 radical (unpaired) electrons. The van der Waals surface area contributed by atoms with E-state index in [-0.39, 0.29) is 12.2 Å². The van der Waals surface area contributed by atoms with Crippen LogP contribution in [0.5, 0.6) is 0 Å². The highest BCUT2D eigenvalue weighted by molar-refractivity contribution is 9.10. The molecule has 2 aromatic rings. The monoisotopic (exact) mass is 414 g/mol. The van der Waals surface area contributed by atoms with Crippen LogP contribution in [0.25, 0.3) is 0 Å². The lowest BCUT2D eigenvalue weighted by molar-refractivity contribution is -0.141. The lowest BCUT2D eigenvalue weighted by Crippen LogP contribution is -2.19. The van der Waals surface area contributed by atoms with E-state index in [0.717, 1.165) is 10.0 Å². The molecule has 21 heavy (non-hydrogen) atoms. The molecule has 2 aromatic carbocycles. The van der Waals surface area contributed by atoms with Gasteiger partial charge in [-0.15, -0.1) is 0 Å². The maximum atomic E-state index is 13.4. The van der Waals surface area contributed by atoms with Crippen molar-refractivity contribution < 1.29 is 14.3 Å². The van der Waals surface area contributed by atoms with Crippen LogP contribution in [0, 0.1) is 11.7 Å². The van der Waals surface area contributed by atoms with Gasteiger partial charge in [-0.1, -0.05) is 50.1 Å². The second kappa shape index (κ2) is 7.18. The van der Waals surface area contributed by atoms with Crippen LogP contribution in [-0.4, -0.2) is 11.1 Å². The van der Waals surface area contributed by atoms with E-state index in [9.17, 15) is 14.3 Å². The Hall–Kier alpha value is -1.20. The summed E-state index contributed by atoms with van der Waals surface area (Å²) in [5.74, 6) is -1.85. The molecule has 1 atom stereocenters. The second-order valence-corrected chi connectivity index (χ2v) is 6.58. The summed E-state index contributed by atoms with van der Waals surface area (Å²) in [6.45, 7) is 0. The molecular weight excluding hydrogens is 403 g/mol. The zero-order chi connectivity index (χ0) is 15.4. The van der Waals surface area contributed by atoms with Crippen molar-refractivity contribution in [1.29, 1.82) is 0 Å². The summed E-state index contributed by atoms with van der Waals surface area (Å²) < 4.78 is 14.9. The van der Waals surface area contributed by atoms with Crippen LogP contribution in [0.1, 0.15) is 11.1 Å². The Morgan fingerprint density at radius 2 is 1.86 bits per heavy atom. The second-order valence-electron chi connectivity index (χ2n) is 4.81. The van der Waals surface area contributed by atoms with Gasteiger partial charge in [-0.05, 0) is 48.2 Å². The molecule has 1 unspecified atom stereocenters. The zero-order valence-electron chi connectivity index (χ0n) is 11.0. The molecule has 0 saturated heterocycles. The summed E-state index contributed by atoms with van der Waals surface area (Å²) in [5, 5.41) is 9.40. The van der Waals surface area contributed by atoms with Crippen LogP contribution in [0.15, 0.2) is 51.4 Å². The van der Waals surface area contributed by atoms with Gasteiger partial charge in [0.1, 0.15) is 5.82 Å². The summed E-state index contributed by atoms with van der Waals surface area (Å²) in [4.78, 5) is 11.5. The molecule has 0 saturated carbocycles. The molecule has 5 heteroatoms. The van der Waals surface area contributed by atoms with E-state index in [1.54, 1.807) is 6.07 Å². The molecule has 0 aliphatic heterocycles. The van der Waals surface area contributed by atoms with Gasteiger partial charge in [-0.25, -0.2) is 4.39 Å². The van der Waals surface area contributed by atoms with Gasteiger partial charge in [0.25, 0.3) is 0 Å². The van der Waals surface area contributed by atoms with Gasteiger partial charge in [-0.2, -0.15) is 0 Å². The highest BCUT2D eigenvalue weighted by Gasteiger charge is 2.20. The normalized spacial score (nSPS) is 12.1. The number of halogens is 3. The van der Waals surface area contributed by atoms with Crippen LogP contribution in [0.2, 0.25) is 0 Å². The fourth-order valence-corrected chi connectivity index (χ4v) is 3.15. The van der Waals surface area contributed by atoms with Crippen LogP contribution in [0.3, 0.4) is 0 Å². The van der Waals surface area contributed by atoms with Gasteiger partial charge >= 0.3 is 5.97 Å². The van der Waals surface area contributed by atoms with E-state index >= 15 is 0 Å². The third-order valence-corrected chi connectivity index (χ3v) is 4.41. The van der Waals surface area contributed by atoms with Crippen LogP contribution in [-0.2, 0) is 17.6 Å². The Balaban J connectivity index is 2.20. The molecule has 0 spiro atoms. The average Bonchev–Trinajstić information content (AvgIpc) is 2.39. The minimum atomic E-state index is -0.883. The fourth-order valence-electron chi connectivity index (χ4n) is 2.19. The predicted octanol–water partition coefficient (Wildman–Crippen LogP) is 4.84. The Labute approximate surface area is 139 Å². The van der Waals surface area contributed by atoms with Crippen molar-refractivity contribution in [3.63, 3.8) is 0 Å². The van der Waals surface area contributed by atoms with Gasteiger partial charge in [0.05, 0.1) is 5.92 Å². The van der Waals surface area contributed by atoms with Crippen LogP contribution >= 0.6 is 31.9 Å². The third kappa shape index (κ3) is 4.64. The van der Waals surface area contributed by atoms with E-state index in [1.807, 2.05) is 24.3 Å². The fraction of sp³-hybridized carbons (Fsp3) is 0.188. The van der Waals surface area contributed by atoms with Crippen molar-refractivity contribution in [1.82, 2.24) is 0 Å². The van der Waals surface area contributed by atoms with Gasteiger partial charge in [0, 0.05) is 8.95 Å². The summed E-state index contributed by atoms with van der Waals surface area (Å²) in [6.07, 6.45) is 0.678. The third-order valence-electron chi connectivity index (χ3n) is 3.18. The Morgan fingerprint density at radius 3 is 2.48 bits per heavy atom. The molecule has 0 bridgehead atoms. The van der Waals surface area contributed by atoms with Crippen molar-refractivity contribution in [2.75, 3.05) is 0 Å². The topological polar surface area (TPSA) is 37.3 Å². The number of hydrogen-bond acceptors (Lipinski definition) is 1.